The van der Waals surface area contributed by atoms with Crippen molar-refractivity contribution in [1.29, 1.82) is 0 Å². The zero-order chi connectivity index (χ0) is 24.0. The van der Waals surface area contributed by atoms with Crippen LogP contribution in [-0.2, 0) is 14.3 Å². The highest BCUT2D eigenvalue weighted by molar-refractivity contribution is 5.92. The van der Waals surface area contributed by atoms with Crippen molar-refractivity contribution in [3.63, 3.8) is 0 Å². The summed E-state index contributed by atoms with van der Waals surface area (Å²) < 4.78 is 12.0. The van der Waals surface area contributed by atoms with E-state index in [1.54, 1.807) is 46.4 Å². The smallest absolute Gasteiger partial charge is 0.437 e. The summed E-state index contributed by atoms with van der Waals surface area (Å²) in [5, 5.41) is 7.31. The molecule has 33 heavy (non-hydrogen) atoms. The molecule has 2 aliphatic rings. The van der Waals surface area contributed by atoms with Crippen LogP contribution in [0.4, 0.5) is 10.6 Å². The molecule has 2 atom stereocenters. The number of anilines is 1. The summed E-state index contributed by atoms with van der Waals surface area (Å²) >= 11 is 0. The fourth-order valence-corrected chi connectivity index (χ4v) is 4.10. The van der Waals surface area contributed by atoms with Crippen LogP contribution in [0.2, 0.25) is 0 Å². The van der Waals surface area contributed by atoms with E-state index in [1.165, 1.54) is 19.3 Å². The number of methoxy groups -OCH3 is 1. The lowest BCUT2D eigenvalue weighted by Gasteiger charge is -2.28. The number of aliphatic imine (C=N–C) groups is 1. The average molecular weight is 460 g/mol. The molecule has 1 saturated heterocycles. The summed E-state index contributed by atoms with van der Waals surface area (Å²) in [4.78, 5) is 32.3. The van der Waals surface area contributed by atoms with E-state index in [-0.39, 0.29) is 17.9 Å². The summed E-state index contributed by atoms with van der Waals surface area (Å²) in [6.07, 6.45) is 7.29. The summed E-state index contributed by atoms with van der Waals surface area (Å²) in [6.45, 7) is 10.5. The van der Waals surface area contributed by atoms with Crippen LogP contribution in [0, 0.1) is 5.92 Å². The molecule has 1 amide bonds. The summed E-state index contributed by atoms with van der Waals surface area (Å²) in [5.41, 5.74) is 0.681. The number of likely N-dealkylation sites (tertiary alicyclic amines) is 1. The normalized spacial score (nSPS) is 20.3. The first-order valence-electron chi connectivity index (χ1n) is 11.8. The Hall–Kier alpha value is -2.52. The number of carbonyl (C=O) groups is 2. The third kappa shape index (κ3) is 7.50. The Balaban J connectivity index is 1.73. The Morgan fingerprint density at radius 1 is 1.24 bits per heavy atom. The van der Waals surface area contributed by atoms with E-state index in [9.17, 15) is 9.59 Å². The summed E-state index contributed by atoms with van der Waals surface area (Å²) in [7, 11) is 1.62. The topological polar surface area (TPSA) is 98.1 Å². The Kier molecular flexibility index (Phi) is 8.42. The maximum atomic E-state index is 12.8. The summed E-state index contributed by atoms with van der Waals surface area (Å²) in [5.74, 6) is 0.346. The van der Waals surface area contributed by atoms with Crippen molar-refractivity contribution in [1.82, 2.24) is 14.7 Å². The van der Waals surface area contributed by atoms with Crippen molar-refractivity contribution < 1.29 is 19.1 Å². The molecule has 1 fully saturated rings. The van der Waals surface area contributed by atoms with E-state index in [1.807, 2.05) is 0 Å². The Morgan fingerprint density at radius 2 is 1.97 bits per heavy atom. The van der Waals surface area contributed by atoms with Gasteiger partial charge in [0.25, 0.3) is 0 Å². The number of piperidine rings is 1. The van der Waals surface area contributed by atoms with Gasteiger partial charge in [0.15, 0.2) is 0 Å². The standard InChI is InChI=1S/C24H37N5O4/c1-17(16-28-9-7-6-8-10-28)11-22(30)26-21-13-20(18-12-19(32-5)15-25-14-18)27-29(21)23(31)33-24(2,3)4/h13-15,17,19H,6-12,16H2,1-5H3,(H,26,30). The zero-order valence-corrected chi connectivity index (χ0v) is 20.5. The molecule has 2 unspecified atom stereocenters. The van der Waals surface area contributed by atoms with Crippen LogP contribution in [0.1, 0.15) is 65.5 Å². The van der Waals surface area contributed by atoms with Gasteiger partial charge in [-0.3, -0.25) is 9.79 Å². The highest BCUT2D eigenvalue weighted by Crippen LogP contribution is 2.26. The maximum absolute atomic E-state index is 12.8. The van der Waals surface area contributed by atoms with Crippen LogP contribution in [0.15, 0.2) is 17.3 Å². The van der Waals surface area contributed by atoms with Gasteiger partial charge >= 0.3 is 6.09 Å². The Labute approximate surface area is 196 Å². The second-order valence-corrected chi connectivity index (χ2v) is 9.96. The van der Waals surface area contributed by atoms with E-state index < -0.39 is 11.7 Å². The number of hydrogen-bond acceptors (Lipinski definition) is 7. The Morgan fingerprint density at radius 3 is 2.64 bits per heavy atom. The molecule has 0 radical (unpaired) electrons. The molecule has 2 aliphatic heterocycles. The van der Waals surface area contributed by atoms with Gasteiger partial charge in [-0.05, 0) is 52.6 Å². The minimum atomic E-state index is -0.691. The largest absolute Gasteiger partial charge is 0.442 e. The van der Waals surface area contributed by atoms with Crippen LogP contribution in [0.3, 0.4) is 0 Å². The molecule has 0 bridgehead atoms. The van der Waals surface area contributed by atoms with Crippen molar-refractivity contribution in [2.24, 2.45) is 10.9 Å². The van der Waals surface area contributed by atoms with Gasteiger partial charge in [0.1, 0.15) is 11.4 Å². The molecule has 0 spiro atoms. The van der Waals surface area contributed by atoms with E-state index in [4.69, 9.17) is 9.47 Å². The minimum Gasteiger partial charge on any atom is -0.442 e. The van der Waals surface area contributed by atoms with Gasteiger partial charge in [0.2, 0.25) is 5.91 Å². The molecule has 3 rings (SSSR count). The van der Waals surface area contributed by atoms with Crippen molar-refractivity contribution in [3.8, 4) is 0 Å². The van der Waals surface area contributed by atoms with Crippen LogP contribution < -0.4 is 5.32 Å². The molecule has 182 valence electrons. The first kappa shape index (κ1) is 25.1. The number of aromatic nitrogens is 2. The van der Waals surface area contributed by atoms with Crippen LogP contribution in [0.25, 0.3) is 5.57 Å². The van der Waals surface area contributed by atoms with Gasteiger partial charge < -0.3 is 19.7 Å². The molecule has 1 N–H and O–H groups in total. The van der Waals surface area contributed by atoms with Crippen LogP contribution in [0.5, 0.6) is 0 Å². The first-order chi connectivity index (χ1) is 15.6. The zero-order valence-electron chi connectivity index (χ0n) is 20.5. The molecule has 0 aliphatic carbocycles. The summed E-state index contributed by atoms with van der Waals surface area (Å²) in [6, 6.07) is 1.69. The number of ether oxygens (including phenoxy) is 2. The highest BCUT2D eigenvalue weighted by atomic mass is 16.6. The monoisotopic (exact) mass is 459 g/mol. The van der Waals surface area contributed by atoms with Crippen molar-refractivity contribution in [2.45, 2.75) is 71.5 Å². The van der Waals surface area contributed by atoms with Gasteiger partial charge in [-0.1, -0.05) is 13.3 Å². The van der Waals surface area contributed by atoms with E-state index in [0.29, 0.717) is 24.4 Å². The molecular formula is C24H37N5O4. The van der Waals surface area contributed by atoms with Gasteiger partial charge in [0, 0.05) is 50.6 Å². The molecule has 0 saturated carbocycles. The van der Waals surface area contributed by atoms with Gasteiger partial charge in [-0.25, -0.2) is 4.79 Å². The average Bonchev–Trinajstić information content (AvgIpc) is 3.17. The number of amides is 1. The lowest BCUT2D eigenvalue weighted by molar-refractivity contribution is -0.117. The number of nitrogens with zero attached hydrogens (tertiary/aromatic N) is 4. The molecule has 3 heterocycles. The van der Waals surface area contributed by atoms with Crippen molar-refractivity contribution in [3.05, 3.63) is 18.0 Å². The lowest BCUT2D eigenvalue weighted by Crippen LogP contribution is -2.34. The van der Waals surface area contributed by atoms with Crippen molar-refractivity contribution >= 4 is 29.6 Å². The number of rotatable bonds is 7. The first-order valence-corrected chi connectivity index (χ1v) is 11.8. The molecule has 0 aromatic carbocycles. The predicted molar refractivity (Wildman–Crippen MR) is 128 cm³/mol. The van der Waals surface area contributed by atoms with Gasteiger partial charge in [-0.15, -0.1) is 4.68 Å². The quantitative estimate of drug-likeness (QED) is 0.663. The second kappa shape index (κ2) is 11.1. The van der Waals surface area contributed by atoms with Crippen molar-refractivity contribution in [2.75, 3.05) is 32.1 Å². The molecule has 9 heteroatoms. The van der Waals surface area contributed by atoms with E-state index in [0.717, 1.165) is 29.9 Å². The molecular weight excluding hydrogens is 422 g/mol. The SMILES string of the molecule is COC1C=NC=C(c2cc(NC(=O)CC(C)CN3CCCCC3)n(C(=O)OC(C)(C)C)n2)C1. The third-order valence-electron chi connectivity index (χ3n) is 5.63. The predicted octanol–water partition coefficient (Wildman–Crippen LogP) is 3.95. The maximum Gasteiger partial charge on any atom is 0.437 e. The number of nitrogens with one attached hydrogen (secondary N) is 1. The van der Waals surface area contributed by atoms with E-state index >= 15 is 0 Å². The fourth-order valence-electron chi connectivity index (χ4n) is 4.10. The number of carbonyl (C=O) groups excluding carboxylic acids is 2. The highest BCUT2D eigenvalue weighted by Gasteiger charge is 2.25. The lowest BCUT2D eigenvalue weighted by atomic mass is 10.0. The number of hydrogen-bond donors (Lipinski definition) is 1. The fraction of sp³-hybridized carbons (Fsp3) is 0.667. The van der Waals surface area contributed by atoms with Crippen LogP contribution >= 0.6 is 0 Å². The molecule has 9 nitrogen and oxygen atoms in total. The molecule has 1 aromatic heterocycles. The molecule has 1 aromatic rings. The second-order valence-electron chi connectivity index (χ2n) is 9.96. The third-order valence-corrected chi connectivity index (χ3v) is 5.63. The minimum absolute atomic E-state index is 0.152. The van der Waals surface area contributed by atoms with Gasteiger partial charge in [0.05, 0.1) is 11.8 Å². The van der Waals surface area contributed by atoms with Crippen LogP contribution in [-0.4, -0.2) is 71.3 Å². The van der Waals surface area contributed by atoms with Gasteiger partial charge in [-0.2, -0.15) is 5.10 Å². The van der Waals surface area contributed by atoms with E-state index in [2.05, 4.69) is 27.2 Å². The Bertz CT molecular complexity index is 893.